The van der Waals surface area contributed by atoms with Gasteiger partial charge in [0.25, 0.3) is 15.9 Å². The van der Waals surface area contributed by atoms with Gasteiger partial charge in [-0.05, 0) is 61.0 Å². The maximum Gasteiger partial charge on any atom is 0.267 e. The molecule has 5 rings (SSSR count). The molecule has 9 heteroatoms. The Morgan fingerprint density at radius 1 is 0.971 bits per heavy atom. The van der Waals surface area contributed by atoms with E-state index in [0.717, 1.165) is 24.3 Å². The van der Waals surface area contributed by atoms with Crippen LogP contribution in [0.15, 0.2) is 77.7 Å². The smallest absolute Gasteiger partial charge is 0.267 e. The van der Waals surface area contributed by atoms with Gasteiger partial charge in [0.1, 0.15) is 5.75 Å². The van der Waals surface area contributed by atoms with Gasteiger partial charge in [0.05, 0.1) is 30.3 Å². The topological polar surface area (TPSA) is 88.2 Å². The number of anilines is 3. The van der Waals surface area contributed by atoms with Crippen molar-refractivity contribution < 1.29 is 22.7 Å². The molecule has 1 amide bonds. The molecule has 0 saturated carbocycles. The van der Waals surface area contributed by atoms with Gasteiger partial charge in [-0.2, -0.15) is 0 Å². The highest BCUT2D eigenvalue weighted by molar-refractivity contribution is 7.92. The predicted octanol–water partition coefficient (Wildman–Crippen LogP) is 3.43. The Labute approximate surface area is 205 Å². The number of nitrogens with zero attached hydrogens (tertiary/aromatic N) is 2. The summed E-state index contributed by atoms with van der Waals surface area (Å²) < 4.78 is 39.6. The Hall–Kier alpha value is -3.56. The maximum absolute atomic E-state index is 13.5. The lowest BCUT2D eigenvalue weighted by Crippen LogP contribution is -2.48. The molecule has 0 bridgehead atoms. The summed E-state index contributed by atoms with van der Waals surface area (Å²) in [6, 6.07) is 21.1. The number of hydrogen-bond donors (Lipinski definition) is 1. The summed E-state index contributed by atoms with van der Waals surface area (Å²) in [5, 5.41) is 2.87. The fourth-order valence-corrected chi connectivity index (χ4v) is 5.74. The number of carbonyl (C=O) groups excluding carboxylic acids is 1. The molecule has 3 aromatic rings. The molecule has 0 spiro atoms. The van der Waals surface area contributed by atoms with Crippen LogP contribution in [0.4, 0.5) is 17.1 Å². The first-order valence-corrected chi connectivity index (χ1v) is 12.9. The van der Waals surface area contributed by atoms with E-state index in [-0.39, 0.29) is 11.4 Å². The van der Waals surface area contributed by atoms with Crippen molar-refractivity contribution in [2.45, 2.75) is 17.9 Å². The molecule has 182 valence electrons. The first-order valence-electron chi connectivity index (χ1n) is 11.5. The van der Waals surface area contributed by atoms with Gasteiger partial charge in [0.2, 0.25) is 0 Å². The second kappa shape index (κ2) is 9.59. The molecule has 0 unspecified atom stereocenters. The molecular formula is C26H27N3O5S. The summed E-state index contributed by atoms with van der Waals surface area (Å²) in [6.45, 7) is 4.80. The Morgan fingerprint density at radius 3 is 2.40 bits per heavy atom. The van der Waals surface area contributed by atoms with Gasteiger partial charge in [-0.3, -0.25) is 9.10 Å². The van der Waals surface area contributed by atoms with Crippen LogP contribution >= 0.6 is 0 Å². The van der Waals surface area contributed by atoms with Crippen LogP contribution in [0.3, 0.4) is 0 Å². The number of morpholine rings is 1. The Morgan fingerprint density at radius 2 is 1.69 bits per heavy atom. The third-order valence-corrected chi connectivity index (χ3v) is 7.91. The molecule has 0 aliphatic carbocycles. The number of amides is 1. The number of nitrogens with one attached hydrogen (secondary N) is 1. The molecule has 2 aliphatic heterocycles. The van der Waals surface area contributed by atoms with E-state index in [9.17, 15) is 13.2 Å². The van der Waals surface area contributed by atoms with E-state index < -0.39 is 22.0 Å². The number of aryl methyl sites for hydroxylation is 1. The third-order valence-electron chi connectivity index (χ3n) is 6.12. The van der Waals surface area contributed by atoms with Gasteiger partial charge in [0, 0.05) is 24.5 Å². The van der Waals surface area contributed by atoms with E-state index in [0.29, 0.717) is 30.3 Å². The Kier molecular flexibility index (Phi) is 6.36. The van der Waals surface area contributed by atoms with Crippen molar-refractivity contribution in [1.29, 1.82) is 0 Å². The van der Waals surface area contributed by atoms with Gasteiger partial charge >= 0.3 is 0 Å². The lowest BCUT2D eigenvalue weighted by Gasteiger charge is -2.35. The molecule has 0 radical (unpaired) electrons. The second-order valence-electron chi connectivity index (χ2n) is 8.56. The average molecular weight is 494 g/mol. The summed E-state index contributed by atoms with van der Waals surface area (Å²) in [6.07, 6.45) is -1.01. The van der Waals surface area contributed by atoms with E-state index in [1.165, 1.54) is 4.31 Å². The standard InChI is InChI=1S/C26H27N3O5S/c1-19-7-12-23-24(17-19)34-25(18-29(23)35(31,32)22-5-3-2-4-6-22)26(30)27-20-8-10-21(11-9-20)28-13-15-33-16-14-28/h2-12,17,25H,13-16,18H2,1H3,(H,27,30)/t25-/m1/s1. The highest BCUT2D eigenvalue weighted by Gasteiger charge is 2.37. The second-order valence-corrected chi connectivity index (χ2v) is 10.4. The molecule has 1 N–H and O–H groups in total. The monoisotopic (exact) mass is 493 g/mol. The minimum absolute atomic E-state index is 0.134. The SMILES string of the molecule is Cc1ccc2c(c1)O[C@@H](C(=O)Nc1ccc(N3CCOCC3)cc1)CN2S(=O)(=O)c1ccccc1. The molecule has 0 aromatic heterocycles. The summed E-state index contributed by atoms with van der Waals surface area (Å²) in [7, 11) is -3.89. The van der Waals surface area contributed by atoms with Crippen LogP contribution in [-0.2, 0) is 19.6 Å². The van der Waals surface area contributed by atoms with Crippen molar-refractivity contribution in [2.75, 3.05) is 47.4 Å². The average Bonchev–Trinajstić information content (AvgIpc) is 2.89. The lowest BCUT2D eigenvalue weighted by molar-refractivity contribution is -0.122. The first-order chi connectivity index (χ1) is 16.9. The van der Waals surface area contributed by atoms with Crippen LogP contribution in [-0.4, -0.2) is 53.3 Å². The zero-order valence-electron chi connectivity index (χ0n) is 19.4. The summed E-state index contributed by atoms with van der Waals surface area (Å²) in [5.41, 5.74) is 2.99. The van der Waals surface area contributed by atoms with Crippen molar-refractivity contribution >= 4 is 33.0 Å². The normalized spacial score (nSPS) is 17.9. The Balaban J connectivity index is 1.37. The van der Waals surface area contributed by atoms with E-state index in [1.54, 1.807) is 42.5 Å². The van der Waals surface area contributed by atoms with Crippen molar-refractivity contribution in [3.63, 3.8) is 0 Å². The molecule has 1 fully saturated rings. The fourth-order valence-electron chi connectivity index (χ4n) is 4.24. The molecule has 1 saturated heterocycles. The predicted molar refractivity (Wildman–Crippen MR) is 135 cm³/mol. The molecule has 2 heterocycles. The van der Waals surface area contributed by atoms with Crippen LogP contribution in [0.25, 0.3) is 0 Å². The highest BCUT2D eigenvalue weighted by Crippen LogP contribution is 2.38. The lowest BCUT2D eigenvalue weighted by atomic mass is 10.1. The summed E-state index contributed by atoms with van der Waals surface area (Å²) in [5.74, 6) is -0.0527. The minimum atomic E-state index is -3.89. The fraction of sp³-hybridized carbons (Fsp3) is 0.269. The molecule has 8 nitrogen and oxygen atoms in total. The summed E-state index contributed by atoms with van der Waals surface area (Å²) >= 11 is 0. The van der Waals surface area contributed by atoms with E-state index in [1.807, 2.05) is 37.3 Å². The number of hydrogen-bond acceptors (Lipinski definition) is 6. The van der Waals surface area contributed by atoms with E-state index >= 15 is 0 Å². The molecule has 35 heavy (non-hydrogen) atoms. The van der Waals surface area contributed by atoms with Gasteiger partial charge in [0.15, 0.2) is 6.10 Å². The third kappa shape index (κ3) is 4.82. The van der Waals surface area contributed by atoms with E-state index in [4.69, 9.17) is 9.47 Å². The van der Waals surface area contributed by atoms with Crippen LogP contribution < -0.4 is 19.3 Å². The van der Waals surface area contributed by atoms with Crippen LogP contribution in [0.1, 0.15) is 5.56 Å². The number of fused-ring (bicyclic) bond motifs is 1. The van der Waals surface area contributed by atoms with Gasteiger partial charge in [-0.1, -0.05) is 24.3 Å². The van der Waals surface area contributed by atoms with Crippen molar-refractivity contribution in [3.05, 3.63) is 78.4 Å². The molecule has 2 aliphatic rings. The molecule has 1 atom stereocenters. The highest BCUT2D eigenvalue weighted by atomic mass is 32.2. The summed E-state index contributed by atoms with van der Waals surface area (Å²) in [4.78, 5) is 15.6. The number of benzene rings is 3. The molecule has 3 aromatic carbocycles. The number of rotatable bonds is 5. The van der Waals surface area contributed by atoms with Crippen molar-refractivity contribution in [2.24, 2.45) is 0 Å². The zero-order valence-corrected chi connectivity index (χ0v) is 20.2. The van der Waals surface area contributed by atoms with Crippen LogP contribution in [0, 0.1) is 6.92 Å². The number of carbonyl (C=O) groups is 1. The van der Waals surface area contributed by atoms with Crippen molar-refractivity contribution in [3.8, 4) is 5.75 Å². The number of sulfonamides is 1. The molecular weight excluding hydrogens is 466 g/mol. The minimum Gasteiger partial charge on any atom is -0.476 e. The van der Waals surface area contributed by atoms with Gasteiger partial charge < -0.3 is 19.7 Å². The zero-order chi connectivity index (χ0) is 24.4. The van der Waals surface area contributed by atoms with Crippen molar-refractivity contribution in [1.82, 2.24) is 0 Å². The van der Waals surface area contributed by atoms with Crippen LogP contribution in [0.2, 0.25) is 0 Å². The maximum atomic E-state index is 13.5. The van der Waals surface area contributed by atoms with E-state index in [2.05, 4.69) is 10.2 Å². The van der Waals surface area contributed by atoms with Gasteiger partial charge in [-0.25, -0.2) is 8.42 Å². The quantitative estimate of drug-likeness (QED) is 0.586. The Bertz CT molecular complexity index is 1310. The first kappa shape index (κ1) is 23.2. The van der Waals surface area contributed by atoms with Crippen LogP contribution in [0.5, 0.6) is 5.75 Å². The number of ether oxygens (including phenoxy) is 2. The van der Waals surface area contributed by atoms with Gasteiger partial charge in [-0.15, -0.1) is 0 Å². The largest absolute Gasteiger partial charge is 0.476 e.